The van der Waals surface area contributed by atoms with E-state index < -0.39 is 23.1 Å². The molecule has 0 radical (unpaired) electrons. The van der Waals surface area contributed by atoms with Gasteiger partial charge in [0.15, 0.2) is 0 Å². The first-order chi connectivity index (χ1) is 10.7. The van der Waals surface area contributed by atoms with E-state index in [2.05, 4.69) is 10.1 Å². The number of ether oxygens (including phenoxy) is 1. The summed E-state index contributed by atoms with van der Waals surface area (Å²) in [5, 5.41) is 2.55. The number of benzene rings is 2. The van der Waals surface area contributed by atoms with Crippen molar-refractivity contribution in [2.45, 2.75) is 11.3 Å². The molecule has 2 aromatic carbocycles. The van der Waals surface area contributed by atoms with Crippen molar-refractivity contribution in [1.29, 1.82) is 0 Å². The van der Waals surface area contributed by atoms with Crippen LogP contribution in [-0.2, 0) is 10.8 Å². The molecule has 1 unspecified atom stereocenters. The lowest BCUT2D eigenvalue weighted by Crippen LogP contribution is -2.17. The number of hydrogen-bond acceptors (Lipinski definition) is 3. The Morgan fingerprint density at radius 3 is 2.09 bits per heavy atom. The van der Waals surface area contributed by atoms with Gasteiger partial charge >= 0.3 is 6.36 Å². The first-order valence-electron chi connectivity index (χ1n) is 6.35. The summed E-state index contributed by atoms with van der Waals surface area (Å²) in [6.45, 7) is 0. The molecular formula is C15H12F3NO3S. The van der Waals surface area contributed by atoms with Gasteiger partial charge in [0, 0.05) is 33.2 Å². The van der Waals surface area contributed by atoms with Crippen LogP contribution in [0.3, 0.4) is 0 Å². The summed E-state index contributed by atoms with van der Waals surface area (Å²) in [5.74, 6) is -0.798. The average molecular weight is 343 g/mol. The highest BCUT2D eigenvalue weighted by Gasteiger charge is 2.30. The summed E-state index contributed by atoms with van der Waals surface area (Å²) in [7, 11) is -1.14. The van der Waals surface area contributed by atoms with E-state index in [1.54, 1.807) is 12.1 Å². The second-order valence-electron chi connectivity index (χ2n) is 4.50. The minimum absolute atomic E-state index is 0.327. The topological polar surface area (TPSA) is 55.4 Å². The van der Waals surface area contributed by atoms with Crippen molar-refractivity contribution >= 4 is 22.4 Å². The Morgan fingerprint density at radius 1 is 1.04 bits per heavy atom. The monoisotopic (exact) mass is 343 g/mol. The van der Waals surface area contributed by atoms with E-state index in [0.717, 1.165) is 12.1 Å². The number of amides is 1. The second-order valence-corrected chi connectivity index (χ2v) is 5.88. The highest BCUT2D eigenvalue weighted by atomic mass is 32.2. The SMILES string of the molecule is CS(=O)c1ccc(C(=O)Nc2ccc(OC(F)(F)F)cc2)cc1. The van der Waals surface area contributed by atoms with Gasteiger partial charge in [0.2, 0.25) is 0 Å². The summed E-state index contributed by atoms with van der Waals surface area (Å²) in [6, 6.07) is 11.0. The number of rotatable bonds is 4. The molecule has 1 N–H and O–H groups in total. The molecule has 23 heavy (non-hydrogen) atoms. The molecule has 8 heteroatoms. The Kier molecular flexibility index (Phi) is 5.05. The maximum absolute atomic E-state index is 12.0. The van der Waals surface area contributed by atoms with Crippen LogP contribution in [0, 0.1) is 0 Å². The summed E-state index contributed by atoms with van der Waals surface area (Å²) >= 11 is 0. The first kappa shape index (κ1) is 17.0. The number of carbonyl (C=O) groups excluding carboxylic acids is 1. The van der Waals surface area contributed by atoms with Crippen molar-refractivity contribution in [3.05, 3.63) is 54.1 Å². The van der Waals surface area contributed by atoms with Crippen molar-refractivity contribution in [2.75, 3.05) is 11.6 Å². The highest BCUT2D eigenvalue weighted by molar-refractivity contribution is 7.84. The van der Waals surface area contributed by atoms with Gasteiger partial charge in [-0.25, -0.2) is 0 Å². The lowest BCUT2D eigenvalue weighted by Gasteiger charge is -2.10. The minimum Gasteiger partial charge on any atom is -0.406 e. The quantitative estimate of drug-likeness (QED) is 0.923. The van der Waals surface area contributed by atoms with Gasteiger partial charge in [-0.3, -0.25) is 9.00 Å². The third kappa shape index (κ3) is 5.10. The van der Waals surface area contributed by atoms with Crippen LogP contribution in [-0.4, -0.2) is 22.7 Å². The zero-order valence-corrected chi connectivity index (χ0v) is 12.7. The van der Waals surface area contributed by atoms with E-state index in [-0.39, 0.29) is 5.75 Å². The number of anilines is 1. The van der Waals surface area contributed by atoms with Crippen molar-refractivity contribution in [2.24, 2.45) is 0 Å². The Balaban J connectivity index is 2.03. The molecule has 2 rings (SSSR count). The van der Waals surface area contributed by atoms with Gasteiger partial charge in [-0.1, -0.05) is 0 Å². The fourth-order valence-corrected chi connectivity index (χ4v) is 2.26. The highest BCUT2D eigenvalue weighted by Crippen LogP contribution is 2.24. The molecule has 0 heterocycles. The predicted octanol–water partition coefficient (Wildman–Crippen LogP) is 3.57. The van der Waals surface area contributed by atoms with E-state index in [9.17, 15) is 22.2 Å². The van der Waals surface area contributed by atoms with Crippen LogP contribution in [0.5, 0.6) is 5.75 Å². The summed E-state index contributed by atoms with van der Waals surface area (Å²) in [6.07, 6.45) is -3.23. The summed E-state index contributed by atoms with van der Waals surface area (Å²) < 4.78 is 51.2. The number of hydrogen-bond donors (Lipinski definition) is 1. The van der Waals surface area contributed by atoms with Crippen LogP contribution in [0.1, 0.15) is 10.4 Å². The Hall–Kier alpha value is -2.35. The van der Waals surface area contributed by atoms with Gasteiger partial charge in [-0.15, -0.1) is 13.2 Å². The largest absolute Gasteiger partial charge is 0.573 e. The van der Waals surface area contributed by atoms with Gasteiger partial charge in [0.1, 0.15) is 5.75 Å². The fraction of sp³-hybridized carbons (Fsp3) is 0.133. The Bertz CT molecular complexity index is 712. The van der Waals surface area contributed by atoms with Gasteiger partial charge in [0.25, 0.3) is 5.91 Å². The Morgan fingerprint density at radius 2 is 1.61 bits per heavy atom. The van der Waals surface area contributed by atoms with Crippen LogP contribution in [0.4, 0.5) is 18.9 Å². The van der Waals surface area contributed by atoms with Gasteiger partial charge < -0.3 is 10.1 Å². The zero-order chi connectivity index (χ0) is 17.0. The number of alkyl halides is 3. The van der Waals surface area contributed by atoms with Crippen LogP contribution >= 0.6 is 0 Å². The van der Waals surface area contributed by atoms with Gasteiger partial charge in [0.05, 0.1) is 0 Å². The van der Waals surface area contributed by atoms with E-state index >= 15 is 0 Å². The molecule has 0 bridgehead atoms. The fourth-order valence-electron chi connectivity index (χ4n) is 1.74. The molecule has 1 amide bonds. The molecule has 1 atom stereocenters. The normalized spacial score (nSPS) is 12.5. The molecule has 0 saturated heterocycles. The molecule has 0 aliphatic carbocycles. The maximum atomic E-state index is 12.0. The molecular weight excluding hydrogens is 331 g/mol. The minimum atomic E-state index is -4.76. The summed E-state index contributed by atoms with van der Waals surface area (Å²) in [5.41, 5.74) is 0.669. The molecule has 122 valence electrons. The summed E-state index contributed by atoms with van der Waals surface area (Å²) in [4.78, 5) is 12.6. The van der Waals surface area contributed by atoms with Crippen molar-refractivity contribution in [1.82, 2.24) is 0 Å². The molecule has 2 aromatic rings. The third-order valence-electron chi connectivity index (χ3n) is 2.79. The first-order valence-corrected chi connectivity index (χ1v) is 7.91. The molecule has 0 fully saturated rings. The molecule has 0 spiro atoms. The van der Waals surface area contributed by atoms with Crippen molar-refractivity contribution in [3.63, 3.8) is 0 Å². The number of halogens is 3. The molecule has 0 aliphatic heterocycles. The smallest absolute Gasteiger partial charge is 0.406 e. The predicted molar refractivity (Wildman–Crippen MR) is 79.9 cm³/mol. The second kappa shape index (κ2) is 6.82. The standard InChI is InChI=1S/C15H12F3NO3S/c1-23(21)13-8-2-10(3-9-13)14(20)19-11-4-6-12(7-5-11)22-15(16,17)18/h2-9H,1H3,(H,19,20). The van der Waals surface area contributed by atoms with Gasteiger partial charge in [-0.2, -0.15) is 0 Å². The van der Waals surface area contributed by atoms with Crippen molar-refractivity contribution in [3.8, 4) is 5.75 Å². The van der Waals surface area contributed by atoms with Crippen LogP contribution < -0.4 is 10.1 Å². The molecule has 0 aliphatic rings. The maximum Gasteiger partial charge on any atom is 0.573 e. The lowest BCUT2D eigenvalue weighted by atomic mass is 10.2. The lowest BCUT2D eigenvalue weighted by molar-refractivity contribution is -0.274. The van der Waals surface area contributed by atoms with Crippen molar-refractivity contribution < 1.29 is 26.9 Å². The Labute approximate surface area is 132 Å². The molecule has 0 aromatic heterocycles. The molecule has 4 nitrogen and oxygen atoms in total. The van der Waals surface area contributed by atoms with Crippen LogP contribution in [0.2, 0.25) is 0 Å². The van der Waals surface area contributed by atoms with Gasteiger partial charge in [-0.05, 0) is 48.5 Å². The third-order valence-corrected chi connectivity index (χ3v) is 3.73. The van der Waals surface area contributed by atoms with E-state index in [1.807, 2.05) is 0 Å². The van der Waals surface area contributed by atoms with Crippen LogP contribution in [0.25, 0.3) is 0 Å². The zero-order valence-electron chi connectivity index (χ0n) is 11.9. The molecule has 0 saturated carbocycles. The van der Waals surface area contributed by atoms with Crippen LogP contribution in [0.15, 0.2) is 53.4 Å². The average Bonchev–Trinajstić information content (AvgIpc) is 2.48. The number of nitrogens with one attached hydrogen (secondary N) is 1. The van der Waals surface area contributed by atoms with E-state index in [0.29, 0.717) is 16.1 Å². The number of carbonyl (C=O) groups is 1. The van der Waals surface area contributed by atoms with E-state index in [1.165, 1.54) is 30.5 Å². The van der Waals surface area contributed by atoms with E-state index in [4.69, 9.17) is 0 Å².